The molecular formula is C11H20. The summed E-state index contributed by atoms with van der Waals surface area (Å²) in [4.78, 5) is 0. The van der Waals surface area contributed by atoms with Crippen molar-refractivity contribution in [3.8, 4) is 0 Å². The second-order valence-electron chi connectivity index (χ2n) is 4.30. The SMILES string of the molecule is C=C(C)CC1CCCC(C)C1. The van der Waals surface area contributed by atoms with Gasteiger partial charge in [0.15, 0.2) is 0 Å². The molecule has 0 heteroatoms. The minimum absolute atomic E-state index is 0.955. The van der Waals surface area contributed by atoms with Crippen LogP contribution < -0.4 is 0 Å². The first-order chi connectivity index (χ1) is 5.18. The van der Waals surface area contributed by atoms with E-state index in [0.29, 0.717) is 0 Å². The fourth-order valence-corrected chi connectivity index (χ4v) is 2.24. The zero-order valence-electron chi connectivity index (χ0n) is 7.90. The monoisotopic (exact) mass is 152 g/mol. The molecule has 0 aromatic heterocycles. The van der Waals surface area contributed by atoms with Gasteiger partial charge in [0.1, 0.15) is 0 Å². The van der Waals surface area contributed by atoms with Crippen molar-refractivity contribution in [1.82, 2.24) is 0 Å². The zero-order valence-corrected chi connectivity index (χ0v) is 7.90. The summed E-state index contributed by atoms with van der Waals surface area (Å²) in [5.41, 5.74) is 1.36. The van der Waals surface area contributed by atoms with Crippen LogP contribution in [0.3, 0.4) is 0 Å². The number of hydrogen-bond donors (Lipinski definition) is 0. The predicted octanol–water partition coefficient (Wildman–Crippen LogP) is 3.78. The molecule has 2 atom stereocenters. The fraction of sp³-hybridized carbons (Fsp3) is 0.818. The lowest BCUT2D eigenvalue weighted by Crippen LogP contribution is -2.13. The van der Waals surface area contributed by atoms with Crippen molar-refractivity contribution in [2.75, 3.05) is 0 Å². The summed E-state index contributed by atoms with van der Waals surface area (Å²) in [5, 5.41) is 0. The molecule has 1 rings (SSSR count). The van der Waals surface area contributed by atoms with Crippen molar-refractivity contribution in [2.45, 2.75) is 46.0 Å². The maximum atomic E-state index is 3.97. The maximum absolute atomic E-state index is 3.97. The van der Waals surface area contributed by atoms with Crippen LogP contribution in [0.4, 0.5) is 0 Å². The molecule has 0 radical (unpaired) electrons. The maximum Gasteiger partial charge on any atom is -0.0297 e. The Morgan fingerprint density at radius 2 is 2.18 bits per heavy atom. The third-order valence-electron chi connectivity index (χ3n) is 2.68. The Kier molecular flexibility index (Phi) is 3.16. The van der Waals surface area contributed by atoms with Gasteiger partial charge in [-0.1, -0.05) is 31.8 Å². The number of rotatable bonds is 2. The third-order valence-corrected chi connectivity index (χ3v) is 2.68. The number of hydrogen-bond acceptors (Lipinski definition) is 0. The van der Waals surface area contributed by atoms with Crippen molar-refractivity contribution in [3.05, 3.63) is 12.2 Å². The molecule has 0 aromatic rings. The Morgan fingerprint density at radius 1 is 1.45 bits per heavy atom. The van der Waals surface area contributed by atoms with E-state index in [1.165, 1.54) is 37.7 Å². The van der Waals surface area contributed by atoms with E-state index < -0.39 is 0 Å². The highest BCUT2D eigenvalue weighted by Gasteiger charge is 2.18. The Balaban J connectivity index is 2.28. The van der Waals surface area contributed by atoms with Crippen LogP contribution in [0.25, 0.3) is 0 Å². The molecule has 1 fully saturated rings. The van der Waals surface area contributed by atoms with Crippen LogP contribution in [0, 0.1) is 11.8 Å². The molecule has 0 bridgehead atoms. The molecule has 1 aliphatic carbocycles. The van der Waals surface area contributed by atoms with Crippen molar-refractivity contribution < 1.29 is 0 Å². The first-order valence-corrected chi connectivity index (χ1v) is 4.83. The van der Waals surface area contributed by atoms with Gasteiger partial charge < -0.3 is 0 Å². The van der Waals surface area contributed by atoms with E-state index in [9.17, 15) is 0 Å². The normalized spacial score (nSPS) is 31.8. The van der Waals surface area contributed by atoms with Gasteiger partial charge in [-0.15, -0.1) is 6.58 Å². The van der Waals surface area contributed by atoms with Crippen molar-refractivity contribution in [1.29, 1.82) is 0 Å². The van der Waals surface area contributed by atoms with E-state index in [0.717, 1.165) is 11.8 Å². The molecule has 64 valence electrons. The molecule has 1 saturated carbocycles. The van der Waals surface area contributed by atoms with E-state index in [4.69, 9.17) is 0 Å². The van der Waals surface area contributed by atoms with Gasteiger partial charge in [0.25, 0.3) is 0 Å². The van der Waals surface area contributed by atoms with Crippen molar-refractivity contribution in [3.63, 3.8) is 0 Å². The minimum Gasteiger partial charge on any atom is -0.100 e. The Labute approximate surface area is 70.7 Å². The quantitative estimate of drug-likeness (QED) is 0.528. The van der Waals surface area contributed by atoms with E-state index in [2.05, 4.69) is 20.4 Å². The van der Waals surface area contributed by atoms with Gasteiger partial charge in [-0.3, -0.25) is 0 Å². The van der Waals surface area contributed by atoms with Gasteiger partial charge in [-0.05, 0) is 31.6 Å². The van der Waals surface area contributed by atoms with Crippen LogP contribution in [0.15, 0.2) is 12.2 Å². The van der Waals surface area contributed by atoms with Crippen LogP contribution in [0.1, 0.15) is 46.0 Å². The summed E-state index contributed by atoms with van der Waals surface area (Å²) < 4.78 is 0. The molecule has 1 aliphatic rings. The Bertz CT molecular complexity index is 135. The summed E-state index contributed by atoms with van der Waals surface area (Å²) in [6, 6.07) is 0. The van der Waals surface area contributed by atoms with Gasteiger partial charge >= 0.3 is 0 Å². The van der Waals surface area contributed by atoms with Crippen molar-refractivity contribution >= 4 is 0 Å². The lowest BCUT2D eigenvalue weighted by Gasteiger charge is -2.26. The lowest BCUT2D eigenvalue weighted by atomic mass is 9.80. The average molecular weight is 152 g/mol. The number of allylic oxidation sites excluding steroid dienone is 1. The van der Waals surface area contributed by atoms with Crippen LogP contribution in [0.2, 0.25) is 0 Å². The summed E-state index contributed by atoms with van der Waals surface area (Å²) in [7, 11) is 0. The van der Waals surface area contributed by atoms with Gasteiger partial charge in [0, 0.05) is 0 Å². The first kappa shape index (κ1) is 8.83. The van der Waals surface area contributed by atoms with Crippen molar-refractivity contribution in [2.24, 2.45) is 11.8 Å². The Morgan fingerprint density at radius 3 is 2.73 bits per heavy atom. The molecule has 0 amide bonds. The second-order valence-corrected chi connectivity index (χ2v) is 4.30. The van der Waals surface area contributed by atoms with E-state index >= 15 is 0 Å². The van der Waals surface area contributed by atoms with E-state index in [1.807, 2.05) is 0 Å². The Hall–Kier alpha value is -0.260. The fourth-order valence-electron chi connectivity index (χ4n) is 2.24. The highest BCUT2D eigenvalue weighted by molar-refractivity contribution is 4.91. The van der Waals surface area contributed by atoms with Gasteiger partial charge in [0.05, 0.1) is 0 Å². The predicted molar refractivity (Wildman–Crippen MR) is 50.6 cm³/mol. The smallest absolute Gasteiger partial charge is 0.0297 e. The third kappa shape index (κ3) is 3.09. The standard InChI is InChI=1S/C11H20/c1-9(2)7-11-6-4-5-10(3)8-11/h10-11H,1,4-8H2,2-3H3. The minimum atomic E-state index is 0.955. The second kappa shape index (κ2) is 3.94. The first-order valence-electron chi connectivity index (χ1n) is 4.83. The van der Waals surface area contributed by atoms with E-state index in [1.54, 1.807) is 0 Å². The van der Waals surface area contributed by atoms with Gasteiger partial charge in [0.2, 0.25) is 0 Å². The molecule has 11 heavy (non-hydrogen) atoms. The molecule has 0 spiro atoms. The summed E-state index contributed by atoms with van der Waals surface area (Å²) in [6.45, 7) is 8.51. The lowest BCUT2D eigenvalue weighted by molar-refractivity contribution is 0.281. The highest BCUT2D eigenvalue weighted by Crippen LogP contribution is 2.31. The molecule has 0 aromatic carbocycles. The summed E-state index contributed by atoms with van der Waals surface area (Å²) in [6.07, 6.45) is 7.04. The van der Waals surface area contributed by atoms with E-state index in [-0.39, 0.29) is 0 Å². The molecule has 0 heterocycles. The van der Waals surface area contributed by atoms with Crippen LogP contribution >= 0.6 is 0 Å². The summed E-state index contributed by atoms with van der Waals surface area (Å²) >= 11 is 0. The summed E-state index contributed by atoms with van der Waals surface area (Å²) in [5.74, 6) is 1.92. The highest BCUT2D eigenvalue weighted by atomic mass is 14.2. The molecule has 0 N–H and O–H groups in total. The average Bonchev–Trinajstić information content (AvgIpc) is 1.85. The molecule has 0 saturated heterocycles. The topological polar surface area (TPSA) is 0 Å². The molecule has 0 nitrogen and oxygen atoms in total. The molecular weight excluding hydrogens is 132 g/mol. The van der Waals surface area contributed by atoms with Gasteiger partial charge in [-0.25, -0.2) is 0 Å². The molecule has 0 aliphatic heterocycles. The van der Waals surface area contributed by atoms with Crippen LogP contribution in [0.5, 0.6) is 0 Å². The van der Waals surface area contributed by atoms with Gasteiger partial charge in [-0.2, -0.15) is 0 Å². The van der Waals surface area contributed by atoms with Crippen LogP contribution in [-0.4, -0.2) is 0 Å². The van der Waals surface area contributed by atoms with Crippen LogP contribution in [-0.2, 0) is 0 Å². The largest absolute Gasteiger partial charge is 0.100 e. The zero-order chi connectivity index (χ0) is 8.27. The molecule has 2 unspecified atom stereocenters.